The summed E-state index contributed by atoms with van der Waals surface area (Å²) in [5.41, 5.74) is 0.769. The summed E-state index contributed by atoms with van der Waals surface area (Å²) in [6, 6.07) is 5.54. The van der Waals surface area contributed by atoms with Crippen LogP contribution in [0.2, 0.25) is 0 Å². The van der Waals surface area contributed by atoms with Gasteiger partial charge in [0.05, 0.1) is 11.6 Å². The third-order valence-corrected chi connectivity index (χ3v) is 3.83. The molecule has 1 atom stereocenters. The summed E-state index contributed by atoms with van der Waals surface area (Å²) in [6.07, 6.45) is 4.13. The maximum Gasteiger partial charge on any atom is 0.165 e. The number of unbranched alkanes of at least 4 members (excludes halogenated alkanes) is 1. The van der Waals surface area contributed by atoms with Gasteiger partial charge in [-0.15, -0.1) is 0 Å². The Kier molecular flexibility index (Phi) is 6.41. The molecule has 1 aromatic carbocycles. The van der Waals surface area contributed by atoms with Crippen molar-refractivity contribution >= 4 is 21.7 Å². The van der Waals surface area contributed by atoms with Crippen molar-refractivity contribution in [1.29, 1.82) is 0 Å². The second-order valence-electron chi connectivity index (χ2n) is 4.46. The number of methoxy groups -OCH3 is 1. The van der Waals surface area contributed by atoms with E-state index in [4.69, 9.17) is 4.74 Å². The fraction of sp³-hybridized carbons (Fsp3) is 0.533. The molecular weight excluding hydrogens is 292 g/mol. The lowest BCUT2D eigenvalue weighted by atomic mass is 9.90. The van der Waals surface area contributed by atoms with Crippen molar-refractivity contribution in [3.63, 3.8) is 0 Å². The van der Waals surface area contributed by atoms with Crippen molar-refractivity contribution in [2.75, 3.05) is 7.11 Å². The molecule has 0 aliphatic carbocycles. The molecule has 1 rings (SSSR count). The molecule has 18 heavy (non-hydrogen) atoms. The van der Waals surface area contributed by atoms with Crippen LogP contribution in [0.3, 0.4) is 0 Å². The monoisotopic (exact) mass is 312 g/mol. The second-order valence-corrected chi connectivity index (χ2v) is 5.32. The molecule has 0 amide bonds. The van der Waals surface area contributed by atoms with E-state index >= 15 is 0 Å². The topological polar surface area (TPSA) is 26.3 Å². The first kappa shape index (κ1) is 15.2. The number of halogens is 1. The molecule has 0 aromatic heterocycles. The van der Waals surface area contributed by atoms with E-state index in [9.17, 15) is 4.79 Å². The Morgan fingerprint density at radius 2 is 2.11 bits per heavy atom. The van der Waals surface area contributed by atoms with Crippen molar-refractivity contribution in [3.8, 4) is 5.75 Å². The smallest absolute Gasteiger partial charge is 0.165 e. The van der Waals surface area contributed by atoms with Crippen molar-refractivity contribution in [1.82, 2.24) is 0 Å². The van der Waals surface area contributed by atoms with Crippen molar-refractivity contribution in [2.24, 2.45) is 5.92 Å². The molecule has 2 nitrogen and oxygen atoms in total. The molecule has 1 unspecified atom stereocenters. The van der Waals surface area contributed by atoms with Crippen LogP contribution in [0.1, 0.15) is 49.9 Å². The van der Waals surface area contributed by atoms with Crippen LogP contribution >= 0.6 is 15.9 Å². The Balaban J connectivity index is 2.84. The van der Waals surface area contributed by atoms with E-state index in [1.807, 2.05) is 18.2 Å². The Bertz CT molecular complexity index is 401. The number of rotatable bonds is 7. The summed E-state index contributed by atoms with van der Waals surface area (Å²) < 4.78 is 6.01. The molecule has 0 aliphatic rings. The molecule has 0 radical (unpaired) electrons. The number of hydrogen-bond donors (Lipinski definition) is 0. The molecule has 0 saturated heterocycles. The third-order valence-electron chi connectivity index (χ3n) is 3.21. The van der Waals surface area contributed by atoms with Gasteiger partial charge in [0.25, 0.3) is 0 Å². The minimum absolute atomic E-state index is 0.144. The number of Topliss-reactive ketones (excluding diaryl/α,β-unsaturated/α-hetero) is 1. The Hall–Kier alpha value is -0.830. The molecule has 0 N–H and O–H groups in total. The third kappa shape index (κ3) is 3.84. The van der Waals surface area contributed by atoms with Crippen LogP contribution < -0.4 is 4.74 Å². The predicted molar refractivity (Wildman–Crippen MR) is 78.3 cm³/mol. The highest BCUT2D eigenvalue weighted by molar-refractivity contribution is 9.10. The molecule has 3 heteroatoms. The van der Waals surface area contributed by atoms with E-state index in [0.717, 1.165) is 41.5 Å². The summed E-state index contributed by atoms with van der Waals surface area (Å²) in [5, 5.41) is 0. The van der Waals surface area contributed by atoms with E-state index in [-0.39, 0.29) is 11.7 Å². The van der Waals surface area contributed by atoms with Crippen LogP contribution in [0.25, 0.3) is 0 Å². The quantitative estimate of drug-likeness (QED) is 0.672. The zero-order valence-electron chi connectivity index (χ0n) is 11.3. The Morgan fingerprint density at radius 3 is 2.61 bits per heavy atom. The van der Waals surface area contributed by atoms with E-state index in [1.54, 1.807) is 7.11 Å². The molecule has 0 saturated carbocycles. The zero-order chi connectivity index (χ0) is 13.5. The molecule has 0 fully saturated rings. The largest absolute Gasteiger partial charge is 0.496 e. The van der Waals surface area contributed by atoms with Gasteiger partial charge in [-0.25, -0.2) is 0 Å². The van der Waals surface area contributed by atoms with Crippen LogP contribution in [-0.2, 0) is 0 Å². The lowest BCUT2D eigenvalue weighted by Gasteiger charge is -2.14. The minimum Gasteiger partial charge on any atom is -0.496 e. The Morgan fingerprint density at radius 1 is 1.39 bits per heavy atom. The number of ketones is 1. The molecular formula is C15H21BrO2. The van der Waals surface area contributed by atoms with Gasteiger partial charge in [-0.1, -0.05) is 26.7 Å². The van der Waals surface area contributed by atoms with Crippen LogP contribution in [0.15, 0.2) is 22.7 Å². The normalized spacial score (nSPS) is 12.2. The molecule has 100 valence electrons. The van der Waals surface area contributed by atoms with Gasteiger partial charge in [-0.05, 0) is 47.0 Å². The summed E-state index contributed by atoms with van der Waals surface area (Å²) in [6.45, 7) is 4.23. The number of benzene rings is 1. The highest BCUT2D eigenvalue weighted by Gasteiger charge is 2.18. The van der Waals surface area contributed by atoms with E-state index in [0.29, 0.717) is 0 Å². The average molecular weight is 313 g/mol. The van der Waals surface area contributed by atoms with Gasteiger partial charge in [-0.2, -0.15) is 0 Å². The van der Waals surface area contributed by atoms with Gasteiger partial charge < -0.3 is 4.74 Å². The number of hydrogen-bond acceptors (Lipinski definition) is 2. The van der Waals surface area contributed by atoms with Crippen molar-refractivity contribution in [3.05, 3.63) is 28.2 Å². The summed E-state index contributed by atoms with van der Waals surface area (Å²) >= 11 is 3.42. The van der Waals surface area contributed by atoms with Crippen molar-refractivity contribution < 1.29 is 9.53 Å². The van der Waals surface area contributed by atoms with Gasteiger partial charge in [0.1, 0.15) is 5.75 Å². The lowest BCUT2D eigenvalue weighted by molar-refractivity contribution is 0.0908. The summed E-state index contributed by atoms with van der Waals surface area (Å²) in [4.78, 5) is 12.4. The first-order valence-electron chi connectivity index (χ1n) is 6.51. The van der Waals surface area contributed by atoms with Crippen molar-refractivity contribution in [2.45, 2.75) is 39.5 Å². The van der Waals surface area contributed by atoms with E-state index in [2.05, 4.69) is 29.8 Å². The minimum atomic E-state index is 0.144. The molecule has 0 spiro atoms. The van der Waals surface area contributed by atoms with Gasteiger partial charge in [0.2, 0.25) is 0 Å². The van der Waals surface area contributed by atoms with Crippen LogP contribution in [0.4, 0.5) is 0 Å². The van der Waals surface area contributed by atoms with E-state index < -0.39 is 0 Å². The SMILES string of the molecule is CCCCC(CC)C(=O)c1ccc(OC)c(Br)c1. The lowest BCUT2D eigenvalue weighted by Crippen LogP contribution is -2.14. The van der Waals surface area contributed by atoms with Gasteiger partial charge in [0, 0.05) is 11.5 Å². The van der Waals surface area contributed by atoms with Crippen LogP contribution in [-0.4, -0.2) is 12.9 Å². The van der Waals surface area contributed by atoms with Gasteiger partial charge >= 0.3 is 0 Å². The summed E-state index contributed by atoms with van der Waals surface area (Å²) in [7, 11) is 1.62. The average Bonchev–Trinajstić information content (AvgIpc) is 2.39. The Labute approximate surface area is 118 Å². The number of carbonyl (C=O) groups is 1. The number of carbonyl (C=O) groups excluding carboxylic acids is 1. The predicted octanol–water partition coefficient (Wildman–Crippen LogP) is 4.86. The zero-order valence-corrected chi connectivity index (χ0v) is 12.9. The molecule has 1 aromatic rings. The van der Waals surface area contributed by atoms with Gasteiger partial charge in [-0.3, -0.25) is 4.79 Å². The fourth-order valence-electron chi connectivity index (χ4n) is 2.03. The van der Waals surface area contributed by atoms with E-state index in [1.165, 1.54) is 0 Å². The first-order chi connectivity index (χ1) is 8.63. The highest BCUT2D eigenvalue weighted by Crippen LogP contribution is 2.27. The molecule has 0 heterocycles. The number of ether oxygens (including phenoxy) is 1. The second kappa shape index (κ2) is 7.57. The maximum atomic E-state index is 12.4. The van der Waals surface area contributed by atoms with Crippen LogP contribution in [0, 0.1) is 5.92 Å². The molecule has 0 bridgehead atoms. The maximum absolute atomic E-state index is 12.4. The standard InChI is InChI=1S/C15H21BrO2/c1-4-6-7-11(5-2)15(17)12-8-9-14(18-3)13(16)10-12/h8-11H,4-7H2,1-3H3. The molecule has 0 aliphatic heterocycles. The highest BCUT2D eigenvalue weighted by atomic mass is 79.9. The fourth-order valence-corrected chi connectivity index (χ4v) is 2.57. The summed E-state index contributed by atoms with van der Waals surface area (Å²) in [5.74, 6) is 1.15. The van der Waals surface area contributed by atoms with Gasteiger partial charge in [0.15, 0.2) is 5.78 Å². The first-order valence-corrected chi connectivity index (χ1v) is 7.31. The van der Waals surface area contributed by atoms with Crippen LogP contribution in [0.5, 0.6) is 5.75 Å².